The Labute approximate surface area is 186 Å². The van der Waals surface area contributed by atoms with Crippen molar-refractivity contribution in [3.63, 3.8) is 0 Å². The number of carbonyl (C=O) groups excluding carboxylic acids is 3. The molecule has 31 heavy (non-hydrogen) atoms. The Morgan fingerprint density at radius 3 is 2.45 bits per heavy atom. The van der Waals surface area contributed by atoms with E-state index in [1.165, 1.54) is 0 Å². The highest BCUT2D eigenvalue weighted by atomic mass is 16.6. The molecular formula is C25H38O6. The maximum atomic E-state index is 13.1. The minimum absolute atomic E-state index is 0.138. The topological polar surface area (TPSA) is 78.9 Å². The summed E-state index contributed by atoms with van der Waals surface area (Å²) >= 11 is 0. The fraction of sp³-hybridized carbons (Fsp3) is 0.800. The predicted octanol–water partition coefficient (Wildman–Crippen LogP) is 4.46. The van der Waals surface area contributed by atoms with Crippen LogP contribution in [0.2, 0.25) is 0 Å². The number of esters is 3. The third-order valence-corrected chi connectivity index (χ3v) is 8.13. The van der Waals surface area contributed by atoms with Crippen LogP contribution >= 0.6 is 0 Å². The molecule has 0 aromatic rings. The van der Waals surface area contributed by atoms with E-state index >= 15 is 0 Å². The maximum absolute atomic E-state index is 13.1. The zero-order valence-corrected chi connectivity index (χ0v) is 19.9. The van der Waals surface area contributed by atoms with Gasteiger partial charge in [0.2, 0.25) is 0 Å². The second-order valence-electron chi connectivity index (χ2n) is 10.6. The fourth-order valence-corrected chi connectivity index (χ4v) is 5.85. The molecular weight excluding hydrogens is 396 g/mol. The number of carbonyl (C=O) groups is 3. The van der Waals surface area contributed by atoms with Crippen LogP contribution in [0.3, 0.4) is 0 Å². The molecule has 0 bridgehead atoms. The van der Waals surface area contributed by atoms with Gasteiger partial charge in [-0.2, -0.15) is 0 Å². The molecule has 2 saturated carbocycles. The summed E-state index contributed by atoms with van der Waals surface area (Å²) in [4.78, 5) is 38.6. The summed E-state index contributed by atoms with van der Waals surface area (Å²) in [5.41, 5.74) is -0.742. The van der Waals surface area contributed by atoms with Crippen LogP contribution in [-0.4, -0.2) is 36.7 Å². The molecule has 7 atom stereocenters. The largest absolute Gasteiger partial charge is 0.462 e. The first-order valence-corrected chi connectivity index (χ1v) is 11.7. The van der Waals surface area contributed by atoms with E-state index in [2.05, 4.69) is 20.4 Å². The molecule has 1 saturated heterocycles. The third-order valence-electron chi connectivity index (χ3n) is 8.13. The van der Waals surface area contributed by atoms with Crippen molar-refractivity contribution >= 4 is 17.9 Å². The zero-order valence-electron chi connectivity index (χ0n) is 19.9. The van der Waals surface area contributed by atoms with Gasteiger partial charge in [0.1, 0.15) is 24.2 Å². The summed E-state index contributed by atoms with van der Waals surface area (Å²) in [5, 5.41) is 0. The first-order chi connectivity index (χ1) is 14.5. The van der Waals surface area contributed by atoms with Crippen LogP contribution in [0.5, 0.6) is 0 Å². The molecule has 3 fully saturated rings. The summed E-state index contributed by atoms with van der Waals surface area (Å²) in [6.07, 6.45) is 1.91. The zero-order chi connectivity index (χ0) is 23.1. The number of hydrogen-bond acceptors (Lipinski definition) is 6. The molecule has 174 valence electrons. The minimum atomic E-state index is -1.06. The van der Waals surface area contributed by atoms with Crippen LogP contribution < -0.4 is 0 Å². The summed E-state index contributed by atoms with van der Waals surface area (Å²) in [6, 6.07) is 0. The van der Waals surface area contributed by atoms with Crippen molar-refractivity contribution in [3.05, 3.63) is 12.2 Å². The highest BCUT2D eigenvalue weighted by Gasteiger charge is 2.72. The van der Waals surface area contributed by atoms with Crippen LogP contribution in [0.4, 0.5) is 0 Å². The van der Waals surface area contributed by atoms with Crippen molar-refractivity contribution in [1.29, 1.82) is 0 Å². The van der Waals surface area contributed by atoms with Gasteiger partial charge in [-0.25, -0.2) is 0 Å². The molecule has 1 spiro atoms. The highest BCUT2D eigenvalue weighted by molar-refractivity contribution is 5.86. The predicted molar refractivity (Wildman–Crippen MR) is 116 cm³/mol. The lowest BCUT2D eigenvalue weighted by molar-refractivity contribution is -0.178. The van der Waals surface area contributed by atoms with Gasteiger partial charge in [0.05, 0.1) is 5.92 Å². The Balaban J connectivity index is 2.03. The molecule has 2 aliphatic carbocycles. The molecule has 0 unspecified atom stereocenters. The van der Waals surface area contributed by atoms with Crippen molar-refractivity contribution in [2.45, 2.75) is 85.9 Å². The van der Waals surface area contributed by atoms with E-state index in [-0.39, 0.29) is 60.0 Å². The first kappa shape index (κ1) is 23.8. The van der Waals surface area contributed by atoms with Crippen molar-refractivity contribution in [1.82, 2.24) is 0 Å². The molecule has 3 aliphatic rings. The molecule has 1 aliphatic heterocycles. The average Bonchev–Trinajstić information content (AvgIpc) is 3.13. The lowest BCUT2D eigenvalue weighted by atomic mass is 9.61. The average molecular weight is 435 g/mol. The SMILES string of the molecule is C=C1COC(=O)[C@]12C[C@@]1(C)[C@H]([C@@H](OC(=O)[C@H](C)CC)CC[C@@H]1C)[C@H]2OC(=O)CC(C)C. The molecule has 0 amide bonds. The monoisotopic (exact) mass is 434 g/mol. The van der Waals surface area contributed by atoms with E-state index in [9.17, 15) is 14.4 Å². The lowest BCUT2D eigenvalue weighted by Gasteiger charge is -2.47. The molecule has 0 aromatic heterocycles. The molecule has 1 heterocycles. The third kappa shape index (κ3) is 3.91. The van der Waals surface area contributed by atoms with Gasteiger partial charge in [0, 0.05) is 12.3 Å². The Hall–Kier alpha value is -1.85. The number of ether oxygens (including phenoxy) is 3. The first-order valence-electron chi connectivity index (χ1n) is 11.7. The maximum Gasteiger partial charge on any atom is 0.320 e. The summed E-state index contributed by atoms with van der Waals surface area (Å²) < 4.78 is 17.5. The number of hydrogen-bond donors (Lipinski definition) is 0. The normalized spacial score (nSPS) is 38.2. The van der Waals surface area contributed by atoms with Crippen molar-refractivity contribution < 1.29 is 28.6 Å². The second kappa shape index (κ2) is 8.59. The molecule has 0 aromatic carbocycles. The van der Waals surface area contributed by atoms with Gasteiger partial charge in [-0.05, 0) is 48.5 Å². The van der Waals surface area contributed by atoms with E-state index in [1.54, 1.807) is 0 Å². The van der Waals surface area contributed by atoms with E-state index in [0.29, 0.717) is 24.8 Å². The van der Waals surface area contributed by atoms with Gasteiger partial charge >= 0.3 is 17.9 Å². The number of fused-ring (bicyclic) bond motifs is 1. The Morgan fingerprint density at radius 2 is 1.90 bits per heavy atom. The highest BCUT2D eigenvalue weighted by Crippen LogP contribution is 2.66. The van der Waals surface area contributed by atoms with Crippen molar-refractivity contribution in [3.8, 4) is 0 Å². The Bertz CT molecular complexity index is 739. The summed E-state index contributed by atoms with van der Waals surface area (Å²) in [5.74, 6) is -0.985. The van der Waals surface area contributed by atoms with Crippen LogP contribution in [0, 0.1) is 34.5 Å². The van der Waals surface area contributed by atoms with E-state index < -0.39 is 17.6 Å². The summed E-state index contributed by atoms with van der Waals surface area (Å²) in [7, 11) is 0. The van der Waals surface area contributed by atoms with Gasteiger partial charge in [0.15, 0.2) is 0 Å². The quantitative estimate of drug-likeness (QED) is 0.349. The Morgan fingerprint density at radius 1 is 1.23 bits per heavy atom. The minimum Gasteiger partial charge on any atom is -0.462 e. The molecule has 3 rings (SSSR count). The second-order valence-corrected chi connectivity index (χ2v) is 10.6. The fourth-order valence-electron chi connectivity index (χ4n) is 5.85. The summed E-state index contributed by atoms with van der Waals surface area (Å²) in [6.45, 7) is 16.3. The van der Waals surface area contributed by atoms with Gasteiger partial charge < -0.3 is 14.2 Å². The van der Waals surface area contributed by atoms with E-state index in [4.69, 9.17) is 14.2 Å². The standard InChI is InChI=1S/C25H38O6/c1-8-15(4)22(27)30-18-10-9-16(5)24(7)13-25(17(6)12-29-23(25)28)21(20(18)24)31-19(26)11-14(2)3/h14-16,18,20-21H,6,8-13H2,1-5,7H3/t15-,16+,18+,20-,21-,24-,25-/m1/s1. The van der Waals surface area contributed by atoms with Gasteiger partial charge in [-0.1, -0.05) is 48.1 Å². The van der Waals surface area contributed by atoms with Crippen LogP contribution in [0.1, 0.15) is 73.6 Å². The van der Waals surface area contributed by atoms with Gasteiger partial charge in [-0.15, -0.1) is 0 Å². The van der Waals surface area contributed by atoms with Gasteiger partial charge in [0.25, 0.3) is 0 Å². The lowest BCUT2D eigenvalue weighted by Crippen LogP contribution is -2.50. The van der Waals surface area contributed by atoms with Crippen molar-refractivity contribution in [2.75, 3.05) is 6.61 Å². The number of cyclic esters (lactones) is 1. The smallest absolute Gasteiger partial charge is 0.320 e. The molecule has 6 heteroatoms. The van der Waals surface area contributed by atoms with Crippen LogP contribution in [-0.2, 0) is 28.6 Å². The number of rotatable bonds is 6. The van der Waals surface area contributed by atoms with Crippen LogP contribution in [0.15, 0.2) is 12.2 Å². The molecule has 0 N–H and O–H groups in total. The Kier molecular flexibility index (Phi) is 6.60. The van der Waals surface area contributed by atoms with Crippen LogP contribution in [0.25, 0.3) is 0 Å². The van der Waals surface area contributed by atoms with Gasteiger partial charge in [-0.3, -0.25) is 14.4 Å². The van der Waals surface area contributed by atoms with E-state index in [1.807, 2.05) is 27.7 Å². The molecule has 0 radical (unpaired) electrons. The van der Waals surface area contributed by atoms with Crippen molar-refractivity contribution in [2.24, 2.45) is 34.5 Å². The van der Waals surface area contributed by atoms with E-state index in [0.717, 1.165) is 6.42 Å². The molecule has 6 nitrogen and oxygen atoms in total.